The SMILES string of the molecule is N#Cc1ccc(-c2ccc(-c3ccc(-c4cccc(-c5nc(-c6ccccc6)cc(-c6ccccc6)n5)c4)c4ccccc34)cc2)cc1.N#Cc1cccc(-c2ccc(-c3ccc(-c4ccc(-c5nc(-c6ccccc6)cc(-c6ccccc6)n5)cc4)c4ccccc34)cc2)c1.N#Cc1cccc(-c2ccc(-c3ccc(-c4cccc(-c5nc(-c6ccccc6)cc(-c6ccccc6)n5)c4)c4ccccc34)cc2)c1. The maximum Gasteiger partial charge on any atom is 0.160 e. The summed E-state index contributed by atoms with van der Waals surface area (Å²) in [5.41, 5.74) is 36.9. The van der Waals surface area contributed by atoms with Crippen LogP contribution in [0, 0.1) is 34.0 Å². The molecule has 144 heavy (non-hydrogen) atoms. The number of benzene rings is 21. The molecule has 3 heterocycles. The van der Waals surface area contributed by atoms with E-state index in [1.54, 1.807) is 0 Å². The van der Waals surface area contributed by atoms with Crippen molar-refractivity contribution < 1.29 is 0 Å². The lowest BCUT2D eigenvalue weighted by molar-refractivity contribution is 1.18. The number of nitrogens with zero attached hydrogens (tertiary/aromatic N) is 9. The van der Waals surface area contributed by atoms with E-state index < -0.39 is 0 Å². The van der Waals surface area contributed by atoms with E-state index in [0.29, 0.717) is 34.2 Å². The zero-order valence-corrected chi connectivity index (χ0v) is 78.3. The molecule has 0 amide bonds. The van der Waals surface area contributed by atoms with Crippen LogP contribution in [0.15, 0.2) is 528 Å². The molecule has 0 fully saturated rings. The Hall–Kier alpha value is -19.9. The second kappa shape index (κ2) is 41.2. The zero-order chi connectivity index (χ0) is 96.9. The summed E-state index contributed by atoms with van der Waals surface area (Å²) in [6, 6.07) is 188. The highest BCUT2D eigenvalue weighted by Gasteiger charge is 2.21. The average molecular weight is 1840 g/mol. The van der Waals surface area contributed by atoms with Crippen molar-refractivity contribution in [2.45, 2.75) is 0 Å². The van der Waals surface area contributed by atoms with Gasteiger partial charge in [0.1, 0.15) is 0 Å². The van der Waals surface area contributed by atoms with E-state index in [9.17, 15) is 10.5 Å². The summed E-state index contributed by atoms with van der Waals surface area (Å²) in [5, 5.41) is 34.9. The van der Waals surface area contributed by atoms with Crippen LogP contribution in [0.25, 0.3) is 234 Å². The second-order valence-electron chi connectivity index (χ2n) is 35.2. The third-order valence-corrected chi connectivity index (χ3v) is 26.3. The molecular formula is C135H87N9. The predicted octanol–water partition coefficient (Wildman–Crippen LogP) is 34.5. The van der Waals surface area contributed by atoms with Gasteiger partial charge in [-0.2, -0.15) is 15.8 Å². The van der Waals surface area contributed by atoms with Gasteiger partial charge in [-0.25, -0.2) is 29.9 Å². The van der Waals surface area contributed by atoms with Crippen molar-refractivity contribution in [3.8, 4) is 220 Å². The Morgan fingerprint density at radius 3 is 0.562 bits per heavy atom. The minimum atomic E-state index is 0.661. The molecule has 3 aromatic heterocycles. The molecule has 24 rings (SSSR count). The lowest BCUT2D eigenvalue weighted by Gasteiger charge is -2.14. The van der Waals surface area contributed by atoms with Crippen molar-refractivity contribution in [3.05, 3.63) is 544 Å². The smallest absolute Gasteiger partial charge is 0.160 e. The third-order valence-electron chi connectivity index (χ3n) is 26.3. The third kappa shape index (κ3) is 19.4. The van der Waals surface area contributed by atoms with E-state index in [2.05, 4.69) is 364 Å². The summed E-state index contributed by atoms with van der Waals surface area (Å²) in [7, 11) is 0. The fourth-order valence-electron chi connectivity index (χ4n) is 18.9. The molecule has 0 atom stereocenters. The largest absolute Gasteiger partial charge is 0.228 e. The van der Waals surface area contributed by atoms with Gasteiger partial charge in [-0.1, -0.05) is 461 Å². The molecule has 0 saturated carbocycles. The number of fused-ring (bicyclic) bond motifs is 3. The minimum absolute atomic E-state index is 0.661. The lowest BCUT2D eigenvalue weighted by atomic mass is 9.91. The number of hydrogen-bond donors (Lipinski definition) is 0. The first kappa shape index (κ1) is 89.3. The van der Waals surface area contributed by atoms with E-state index in [4.69, 9.17) is 35.2 Å². The van der Waals surface area contributed by atoms with Crippen LogP contribution in [0.2, 0.25) is 0 Å². The van der Waals surface area contributed by atoms with Gasteiger partial charge in [0, 0.05) is 50.1 Å². The molecule has 0 saturated heterocycles. The molecule has 0 aliphatic rings. The standard InChI is InChI=1S/3C45H29N3/c46-30-31-11-9-16-36(27-31)32-21-23-33(24-22-32)39-25-26-40(42-20-8-7-19-41(39)42)37-17-10-18-38(28-37)45-47-43(34-12-3-1-4-13-34)29-44(48-45)35-14-5-2-6-15-35;46-30-31-10-9-15-38(28-31)32-18-20-33(21-19-32)39-26-27-40(42-17-8-7-16-41(39)42)34-22-24-37(25-23-34)45-47-43(35-11-3-1-4-12-35)29-44(48-45)36-13-5-2-6-14-36;46-30-31-18-20-32(21-19-31)33-22-24-34(25-23-33)39-26-27-40(42-17-8-7-16-41(39)42)37-14-9-15-38(28-37)45-47-43(35-10-3-1-4-11-35)29-44(48-45)36-12-5-2-6-13-36/h3*1-29H. The van der Waals surface area contributed by atoms with Crippen molar-refractivity contribution >= 4 is 32.3 Å². The molecule has 672 valence electrons. The molecule has 9 nitrogen and oxygen atoms in total. The molecule has 0 N–H and O–H groups in total. The topological polar surface area (TPSA) is 149 Å². The summed E-state index contributed by atoms with van der Waals surface area (Å²) in [6.45, 7) is 0. The number of hydrogen-bond acceptors (Lipinski definition) is 9. The normalized spacial score (nSPS) is 10.9. The van der Waals surface area contributed by atoms with E-state index in [-0.39, 0.29) is 0 Å². The maximum absolute atomic E-state index is 9.33. The van der Waals surface area contributed by atoms with Gasteiger partial charge in [-0.15, -0.1) is 0 Å². The van der Waals surface area contributed by atoms with E-state index >= 15 is 0 Å². The Kier molecular flexibility index (Phi) is 25.6. The Balaban J connectivity index is 0.000000123. The Bertz CT molecular complexity index is 8780. The van der Waals surface area contributed by atoms with Crippen molar-refractivity contribution in [2.24, 2.45) is 0 Å². The van der Waals surface area contributed by atoms with Crippen LogP contribution in [0.4, 0.5) is 0 Å². The van der Waals surface area contributed by atoms with Crippen LogP contribution >= 0.6 is 0 Å². The van der Waals surface area contributed by atoms with Crippen LogP contribution < -0.4 is 0 Å². The molecule has 21 aromatic carbocycles. The monoisotopic (exact) mass is 1830 g/mol. The Labute approximate surface area is 836 Å². The fourth-order valence-corrected chi connectivity index (χ4v) is 18.9. The van der Waals surface area contributed by atoms with Crippen LogP contribution in [0.1, 0.15) is 16.7 Å². The number of aromatic nitrogens is 6. The highest BCUT2D eigenvalue weighted by atomic mass is 14.9. The van der Waals surface area contributed by atoms with Gasteiger partial charge in [0.15, 0.2) is 17.5 Å². The van der Waals surface area contributed by atoms with Gasteiger partial charge in [0.2, 0.25) is 0 Å². The maximum atomic E-state index is 9.33. The minimum Gasteiger partial charge on any atom is -0.228 e. The van der Waals surface area contributed by atoms with E-state index in [1.807, 2.05) is 182 Å². The molecule has 0 aliphatic carbocycles. The molecule has 0 unspecified atom stereocenters. The van der Waals surface area contributed by atoms with Crippen molar-refractivity contribution in [1.82, 2.24) is 29.9 Å². The Morgan fingerprint density at radius 1 is 0.118 bits per heavy atom. The first-order valence-corrected chi connectivity index (χ1v) is 47.9. The Morgan fingerprint density at radius 2 is 0.306 bits per heavy atom. The van der Waals surface area contributed by atoms with Gasteiger partial charge >= 0.3 is 0 Å². The summed E-state index contributed by atoms with van der Waals surface area (Å²) >= 11 is 0. The summed E-state index contributed by atoms with van der Waals surface area (Å²) < 4.78 is 0. The highest BCUT2D eigenvalue weighted by Crippen LogP contribution is 2.44. The molecule has 0 radical (unpaired) electrons. The number of nitriles is 3. The van der Waals surface area contributed by atoms with Crippen molar-refractivity contribution in [3.63, 3.8) is 0 Å². The lowest BCUT2D eigenvalue weighted by Crippen LogP contribution is -1.96. The first-order chi connectivity index (χ1) is 71.2. The van der Waals surface area contributed by atoms with Gasteiger partial charge in [0.05, 0.1) is 69.1 Å². The fraction of sp³-hybridized carbons (Fsp3) is 0. The van der Waals surface area contributed by atoms with Crippen LogP contribution in [0.3, 0.4) is 0 Å². The average Bonchev–Trinajstić information content (AvgIpc) is 0.775. The number of rotatable bonds is 18. The van der Waals surface area contributed by atoms with Gasteiger partial charge in [0.25, 0.3) is 0 Å². The van der Waals surface area contributed by atoms with Crippen molar-refractivity contribution in [1.29, 1.82) is 15.8 Å². The molecule has 0 aliphatic heterocycles. The van der Waals surface area contributed by atoms with Crippen LogP contribution in [0.5, 0.6) is 0 Å². The summed E-state index contributed by atoms with van der Waals surface area (Å²) in [6.07, 6.45) is 0. The molecule has 24 aromatic rings. The quantitative estimate of drug-likeness (QED) is 0.0818. The first-order valence-electron chi connectivity index (χ1n) is 47.9. The van der Waals surface area contributed by atoms with Gasteiger partial charge < -0.3 is 0 Å². The second-order valence-corrected chi connectivity index (χ2v) is 35.2. The summed E-state index contributed by atoms with van der Waals surface area (Å²) in [4.78, 5) is 30.3. The highest BCUT2D eigenvalue weighted by molar-refractivity contribution is 6.08. The molecular weight excluding hydrogens is 1750 g/mol. The zero-order valence-electron chi connectivity index (χ0n) is 78.3. The van der Waals surface area contributed by atoms with Gasteiger partial charge in [-0.05, 0) is 199 Å². The molecule has 0 bridgehead atoms. The van der Waals surface area contributed by atoms with E-state index in [0.717, 1.165) is 162 Å². The van der Waals surface area contributed by atoms with Crippen molar-refractivity contribution in [2.75, 3.05) is 0 Å². The molecule has 9 heteroatoms. The predicted molar refractivity (Wildman–Crippen MR) is 591 cm³/mol. The van der Waals surface area contributed by atoms with Crippen LogP contribution in [-0.2, 0) is 0 Å². The van der Waals surface area contributed by atoms with Crippen LogP contribution in [-0.4, -0.2) is 29.9 Å². The summed E-state index contributed by atoms with van der Waals surface area (Å²) in [5.74, 6) is 2.09. The van der Waals surface area contributed by atoms with E-state index in [1.165, 1.54) is 54.6 Å². The molecule has 0 spiro atoms. The van der Waals surface area contributed by atoms with Gasteiger partial charge in [-0.3, -0.25) is 0 Å².